The molecule has 3 aromatic rings. The van der Waals surface area contributed by atoms with Gasteiger partial charge in [-0.3, -0.25) is 14.9 Å². The summed E-state index contributed by atoms with van der Waals surface area (Å²) < 4.78 is 6.46. The molecular formula is C20H19N5O5S. The third kappa shape index (κ3) is 5.25. The van der Waals surface area contributed by atoms with Crippen LogP contribution in [0.1, 0.15) is 17.3 Å². The number of non-ortho nitro benzene ring substituents is 1. The zero-order valence-corrected chi connectivity index (χ0v) is 17.6. The molecule has 0 aliphatic heterocycles. The summed E-state index contributed by atoms with van der Waals surface area (Å²) in [6, 6.07) is 12.6. The highest BCUT2D eigenvalue weighted by Crippen LogP contribution is 2.26. The van der Waals surface area contributed by atoms with Gasteiger partial charge in [-0.15, -0.1) is 10.2 Å². The number of ether oxygens (including phenoxy) is 1. The van der Waals surface area contributed by atoms with Gasteiger partial charge in [-0.1, -0.05) is 30.0 Å². The van der Waals surface area contributed by atoms with Gasteiger partial charge in [0.2, 0.25) is 5.91 Å². The number of carbonyl (C=O) groups is 2. The molecule has 0 radical (unpaired) electrons. The molecule has 10 nitrogen and oxygen atoms in total. The van der Waals surface area contributed by atoms with Crippen LogP contribution in [0.25, 0.3) is 11.4 Å². The maximum Gasteiger partial charge on any atom is 0.337 e. The monoisotopic (exact) mass is 441 g/mol. The van der Waals surface area contributed by atoms with E-state index in [0.717, 1.165) is 0 Å². The van der Waals surface area contributed by atoms with Gasteiger partial charge in [-0.05, 0) is 25.1 Å². The number of nitrogens with zero attached hydrogens (tertiary/aromatic N) is 4. The number of nitrogens with one attached hydrogen (secondary N) is 1. The molecule has 1 aromatic heterocycles. The Kier molecular flexibility index (Phi) is 6.98. The zero-order chi connectivity index (χ0) is 22.4. The van der Waals surface area contributed by atoms with E-state index in [9.17, 15) is 19.7 Å². The highest BCUT2D eigenvalue weighted by molar-refractivity contribution is 7.99. The minimum absolute atomic E-state index is 0.0362. The van der Waals surface area contributed by atoms with Crippen molar-refractivity contribution in [3.05, 3.63) is 64.2 Å². The first-order chi connectivity index (χ1) is 14.9. The third-order valence-corrected chi connectivity index (χ3v) is 5.21. The van der Waals surface area contributed by atoms with Crippen LogP contribution in [-0.4, -0.2) is 44.4 Å². The quantitative estimate of drug-likeness (QED) is 0.244. The number of nitro benzene ring substituents is 1. The highest BCUT2D eigenvalue weighted by Gasteiger charge is 2.17. The molecule has 2 aromatic carbocycles. The number of nitro groups is 1. The molecule has 11 heteroatoms. The first-order valence-electron chi connectivity index (χ1n) is 9.22. The minimum Gasteiger partial charge on any atom is -0.465 e. The lowest BCUT2D eigenvalue weighted by Crippen LogP contribution is -2.15. The van der Waals surface area contributed by atoms with Gasteiger partial charge in [0.15, 0.2) is 11.0 Å². The van der Waals surface area contributed by atoms with Crippen LogP contribution in [0.3, 0.4) is 0 Å². The van der Waals surface area contributed by atoms with Crippen LogP contribution in [0.4, 0.5) is 11.4 Å². The summed E-state index contributed by atoms with van der Waals surface area (Å²) in [5.74, 6) is -0.222. The van der Waals surface area contributed by atoms with E-state index in [2.05, 4.69) is 20.3 Å². The van der Waals surface area contributed by atoms with Gasteiger partial charge in [0.05, 0.1) is 23.3 Å². The average Bonchev–Trinajstić information content (AvgIpc) is 3.20. The van der Waals surface area contributed by atoms with Crippen molar-refractivity contribution in [2.24, 2.45) is 0 Å². The van der Waals surface area contributed by atoms with Gasteiger partial charge < -0.3 is 14.6 Å². The average molecular weight is 441 g/mol. The molecule has 0 aliphatic carbocycles. The van der Waals surface area contributed by atoms with Crippen molar-refractivity contribution < 1.29 is 19.2 Å². The number of rotatable bonds is 8. The smallest absolute Gasteiger partial charge is 0.337 e. The van der Waals surface area contributed by atoms with Crippen molar-refractivity contribution in [1.82, 2.24) is 14.8 Å². The van der Waals surface area contributed by atoms with Gasteiger partial charge in [0.1, 0.15) is 0 Å². The van der Waals surface area contributed by atoms with Gasteiger partial charge in [0, 0.05) is 29.9 Å². The van der Waals surface area contributed by atoms with E-state index in [1.165, 1.54) is 37.1 Å². The number of hydrogen-bond acceptors (Lipinski definition) is 8. The maximum atomic E-state index is 12.4. The van der Waals surface area contributed by atoms with E-state index in [4.69, 9.17) is 0 Å². The number of hydrogen-bond donors (Lipinski definition) is 1. The van der Waals surface area contributed by atoms with E-state index >= 15 is 0 Å². The number of anilines is 1. The van der Waals surface area contributed by atoms with Crippen LogP contribution >= 0.6 is 11.8 Å². The number of amides is 1. The molecule has 0 unspecified atom stereocenters. The second-order valence-corrected chi connectivity index (χ2v) is 7.21. The fraction of sp³-hybridized carbons (Fsp3) is 0.200. The summed E-state index contributed by atoms with van der Waals surface area (Å²) in [6.45, 7) is 2.42. The van der Waals surface area contributed by atoms with Crippen LogP contribution in [-0.2, 0) is 16.1 Å². The fourth-order valence-corrected chi connectivity index (χ4v) is 3.62. The Hall–Kier alpha value is -3.73. The van der Waals surface area contributed by atoms with Crippen molar-refractivity contribution >= 4 is 35.0 Å². The molecule has 0 saturated carbocycles. The Bertz CT molecular complexity index is 1130. The number of esters is 1. The van der Waals surface area contributed by atoms with E-state index in [0.29, 0.717) is 34.3 Å². The largest absolute Gasteiger partial charge is 0.465 e. The van der Waals surface area contributed by atoms with Crippen LogP contribution in [0.2, 0.25) is 0 Å². The van der Waals surface area contributed by atoms with Crippen molar-refractivity contribution in [2.45, 2.75) is 18.6 Å². The summed E-state index contributed by atoms with van der Waals surface area (Å²) in [4.78, 5) is 34.5. The Balaban J connectivity index is 1.70. The van der Waals surface area contributed by atoms with E-state index in [-0.39, 0.29) is 17.3 Å². The molecule has 0 fully saturated rings. The van der Waals surface area contributed by atoms with E-state index < -0.39 is 10.9 Å². The zero-order valence-electron chi connectivity index (χ0n) is 16.8. The Morgan fingerprint density at radius 3 is 2.68 bits per heavy atom. The molecule has 3 rings (SSSR count). The molecular weight excluding hydrogens is 422 g/mol. The second kappa shape index (κ2) is 9.85. The number of benzene rings is 2. The minimum atomic E-state index is -0.491. The Labute approximate surface area is 181 Å². The fourth-order valence-electron chi connectivity index (χ4n) is 2.82. The lowest BCUT2D eigenvalue weighted by molar-refractivity contribution is -0.384. The normalized spacial score (nSPS) is 10.5. The maximum absolute atomic E-state index is 12.4. The molecule has 0 saturated heterocycles. The molecule has 1 amide bonds. The molecule has 0 atom stereocenters. The predicted molar refractivity (Wildman–Crippen MR) is 115 cm³/mol. The number of thioether (sulfide) groups is 1. The molecule has 1 heterocycles. The molecule has 1 N–H and O–H groups in total. The first kappa shape index (κ1) is 22.0. The van der Waals surface area contributed by atoms with Gasteiger partial charge in [-0.25, -0.2) is 4.79 Å². The summed E-state index contributed by atoms with van der Waals surface area (Å²) in [5.41, 5.74) is 1.34. The summed E-state index contributed by atoms with van der Waals surface area (Å²) in [6.07, 6.45) is 0. The third-order valence-electron chi connectivity index (χ3n) is 4.25. The summed E-state index contributed by atoms with van der Waals surface area (Å²) in [7, 11) is 1.29. The van der Waals surface area contributed by atoms with Crippen molar-refractivity contribution in [1.29, 1.82) is 0 Å². The number of carbonyl (C=O) groups excluding carboxylic acids is 2. The van der Waals surface area contributed by atoms with Gasteiger partial charge >= 0.3 is 5.97 Å². The summed E-state index contributed by atoms with van der Waals surface area (Å²) in [5, 5.41) is 22.6. The molecule has 0 aliphatic rings. The number of aromatic nitrogens is 3. The van der Waals surface area contributed by atoms with Crippen molar-refractivity contribution in [3.8, 4) is 11.4 Å². The molecule has 31 heavy (non-hydrogen) atoms. The Morgan fingerprint density at radius 2 is 1.97 bits per heavy atom. The van der Waals surface area contributed by atoms with Crippen molar-refractivity contribution in [3.63, 3.8) is 0 Å². The van der Waals surface area contributed by atoms with Crippen LogP contribution < -0.4 is 5.32 Å². The lowest BCUT2D eigenvalue weighted by atomic mass is 10.2. The van der Waals surface area contributed by atoms with Gasteiger partial charge in [0.25, 0.3) is 5.69 Å². The molecule has 0 bridgehead atoms. The van der Waals surface area contributed by atoms with Crippen LogP contribution in [0.15, 0.2) is 53.7 Å². The number of methoxy groups -OCH3 is 1. The highest BCUT2D eigenvalue weighted by atomic mass is 32.2. The van der Waals surface area contributed by atoms with Crippen LogP contribution in [0.5, 0.6) is 0 Å². The first-order valence-corrected chi connectivity index (χ1v) is 10.2. The molecule has 0 spiro atoms. The lowest BCUT2D eigenvalue weighted by Gasteiger charge is -2.08. The van der Waals surface area contributed by atoms with Crippen LogP contribution in [0, 0.1) is 10.1 Å². The SMILES string of the molecule is CCn1c(SCC(=O)Nc2cccc(C(=O)OC)c2)nnc1-c1cccc([N+](=O)[O-])c1. The van der Waals surface area contributed by atoms with Gasteiger partial charge in [-0.2, -0.15) is 0 Å². The second-order valence-electron chi connectivity index (χ2n) is 6.27. The van der Waals surface area contributed by atoms with E-state index in [1.54, 1.807) is 34.9 Å². The van der Waals surface area contributed by atoms with Crippen molar-refractivity contribution in [2.75, 3.05) is 18.2 Å². The standard InChI is InChI=1S/C20H19N5O5S/c1-3-24-18(13-6-5-9-16(11-13)25(28)29)22-23-20(24)31-12-17(26)21-15-8-4-7-14(10-15)19(27)30-2/h4-11H,3,12H2,1-2H3,(H,21,26). The van der Waals surface area contributed by atoms with E-state index in [1.807, 2.05) is 6.92 Å². The molecule has 160 valence electrons. The summed E-state index contributed by atoms with van der Waals surface area (Å²) >= 11 is 1.19. The Morgan fingerprint density at radius 1 is 1.19 bits per heavy atom. The topological polar surface area (TPSA) is 129 Å². The predicted octanol–water partition coefficient (Wildman–Crippen LogP) is 3.39.